The third-order valence-electron chi connectivity index (χ3n) is 2.06. The lowest BCUT2D eigenvalue weighted by Crippen LogP contribution is -2.48. The van der Waals surface area contributed by atoms with Gasteiger partial charge in [-0.25, -0.2) is 4.68 Å². The van der Waals surface area contributed by atoms with E-state index in [0.29, 0.717) is 25.6 Å². The molecule has 2 rings (SSSR count). The Hall–Kier alpha value is -1.40. The number of nitrogens with one attached hydrogen (secondary N) is 1. The summed E-state index contributed by atoms with van der Waals surface area (Å²) in [6, 6.07) is 1.27. The van der Waals surface area contributed by atoms with Crippen molar-refractivity contribution in [3.8, 4) is 0 Å². The number of rotatable bonds is 1. The number of anilines is 1. The van der Waals surface area contributed by atoms with Crippen molar-refractivity contribution >= 4 is 11.7 Å². The van der Waals surface area contributed by atoms with Gasteiger partial charge in [0.1, 0.15) is 11.9 Å². The summed E-state index contributed by atoms with van der Waals surface area (Å²) >= 11 is 0. The van der Waals surface area contributed by atoms with E-state index in [4.69, 9.17) is 10.5 Å². The molecule has 1 fully saturated rings. The minimum atomic E-state index is -0.317. The van der Waals surface area contributed by atoms with E-state index >= 15 is 0 Å². The van der Waals surface area contributed by atoms with Crippen LogP contribution in [0.2, 0.25) is 0 Å². The van der Waals surface area contributed by atoms with Crippen molar-refractivity contribution in [3.05, 3.63) is 12.3 Å². The SMILES string of the molecule is Nc1ccn(C(=O)C2COCCN2)n1. The molecule has 0 aliphatic carbocycles. The average Bonchev–Trinajstić information content (AvgIpc) is 2.65. The minimum Gasteiger partial charge on any atom is -0.382 e. The van der Waals surface area contributed by atoms with Crippen LogP contribution >= 0.6 is 0 Å². The summed E-state index contributed by atoms with van der Waals surface area (Å²) in [7, 11) is 0. The van der Waals surface area contributed by atoms with Gasteiger partial charge in [-0.15, -0.1) is 5.10 Å². The number of aromatic nitrogens is 2. The lowest BCUT2D eigenvalue weighted by molar-refractivity contribution is 0.0533. The summed E-state index contributed by atoms with van der Waals surface area (Å²) in [6.07, 6.45) is 1.55. The molecule has 0 saturated carbocycles. The Labute approximate surface area is 81.0 Å². The topological polar surface area (TPSA) is 82.2 Å². The van der Waals surface area contributed by atoms with Gasteiger partial charge in [-0.05, 0) is 0 Å². The van der Waals surface area contributed by atoms with Gasteiger partial charge in [-0.3, -0.25) is 4.79 Å². The van der Waals surface area contributed by atoms with Crippen molar-refractivity contribution in [2.24, 2.45) is 0 Å². The van der Waals surface area contributed by atoms with Gasteiger partial charge in [-0.1, -0.05) is 0 Å². The largest absolute Gasteiger partial charge is 0.382 e. The predicted molar refractivity (Wildman–Crippen MR) is 49.9 cm³/mol. The van der Waals surface area contributed by atoms with Gasteiger partial charge in [0.25, 0.3) is 5.91 Å². The number of ether oxygens (including phenoxy) is 1. The predicted octanol–water partition coefficient (Wildman–Crippen LogP) is -0.906. The molecule has 1 atom stereocenters. The standard InChI is InChI=1S/C8H12N4O2/c9-7-1-3-12(11-7)8(13)6-5-14-4-2-10-6/h1,3,6,10H,2,4-5H2,(H2,9,11). The Morgan fingerprint density at radius 2 is 2.64 bits per heavy atom. The van der Waals surface area contributed by atoms with Gasteiger partial charge >= 0.3 is 0 Å². The van der Waals surface area contributed by atoms with Gasteiger partial charge < -0.3 is 15.8 Å². The fourth-order valence-electron chi connectivity index (χ4n) is 1.34. The Balaban J connectivity index is 2.07. The Bertz CT molecular complexity index is 330. The highest BCUT2D eigenvalue weighted by Gasteiger charge is 2.22. The highest BCUT2D eigenvalue weighted by molar-refractivity contribution is 5.84. The molecule has 1 aromatic heterocycles. The first-order valence-corrected chi connectivity index (χ1v) is 4.44. The molecule has 0 amide bonds. The molecule has 1 aliphatic rings. The molecule has 6 nitrogen and oxygen atoms in total. The molecule has 1 aromatic rings. The zero-order chi connectivity index (χ0) is 9.97. The molecular weight excluding hydrogens is 184 g/mol. The van der Waals surface area contributed by atoms with Gasteiger partial charge in [0.2, 0.25) is 0 Å². The van der Waals surface area contributed by atoms with Crippen molar-refractivity contribution in [3.63, 3.8) is 0 Å². The Kier molecular flexibility index (Phi) is 2.47. The molecule has 76 valence electrons. The van der Waals surface area contributed by atoms with E-state index in [-0.39, 0.29) is 11.9 Å². The first-order valence-electron chi connectivity index (χ1n) is 4.44. The van der Waals surface area contributed by atoms with E-state index in [1.54, 1.807) is 12.3 Å². The van der Waals surface area contributed by atoms with E-state index in [1.165, 1.54) is 4.68 Å². The third-order valence-corrected chi connectivity index (χ3v) is 2.06. The maximum absolute atomic E-state index is 11.7. The number of nitrogens with two attached hydrogens (primary N) is 1. The highest BCUT2D eigenvalue weighted by atomic mass is 16.5. The average molecular weight is 196 g/mol. The number of nitrogen functional groups attached to an aromatic ring is 1. The fourth-order valence-corrected chi connectivity index (χ4v) is 1.34. The highest BCUT2D eigenvalue weighted by Crippen LogP contribution is 2.00. The van der Waals surface area contributed by atoms with Crippen molar-refractivity contribution in [2.75, 3.05) is 25.5 Å². The molecular formula is C8H12N4O2. The molecule has 3 N–H and O–H groups in total. The van der Waals surface area contributed by atoms with Gasteiger partial charge in [0, 0.05) is 18.8 Å². The summed E-state index contributed by atoms with van der Waals surface area (Å²) in [6.45, 7) is 1.72. The summed E-state index contributed by atoms with van der Waals surface area (Å²) in [5.74, 6) is 0.205. The molecule has 2 heterocycles. The Morgan fingerprint density at radius 1 is 1.79 bits per heavy atom. The molecule has 1 unspecified atom stereocenters. The van der Waals surface area contributed by atoms with Crippen molar-refractivity contribution in [2.45, 2.75) is 6.04 Å². The van der Waals surface area contributed by atoms with Crippen LogP contribution in [0.5, 0.6) is 0 Å². The summed E-state index contributed by atoms with van der Waals surface area (Å²) in [4.78, 5) is 11.7. The summed E-state index contributed by atoms with van der Waals surface area (Å²) < 4.78 is 6.41. The second kappa shape index (κ2) is 3.77. The van der Waals surface area contributed by atoms with Crippen molar-refractivity contribution in [1.29, 1.82) is 0 Å². The lowest BCUT2D eigenvalue weighted by atomic mass is 10.2. The second-order valence-electron chi connectivity index (χ2n) is 3.11. The number of morpholine rings is 1. The quantitative estimate of drug-likeness (QED) is 0.608. The van der Waals surface area contributed by atoms with E-state index in [1.807, 2.05) is 0 Å². The molecule has 14 heavy (non-hydrogen) atoms. The first-order chi connectivity index (χ1) is 6.77. The van der Waals surface area contributed by atoms with Crippen LogP contribution in [-0.4, -0.2) is 41.5 Å². The maximum Gasteiger partial charge on any atom is 0.266 e. The van der Waals surface area contributed by atoms with Gasteiger partial charge in [0.05, 0.1) is 13.2 Å². The lowest BCUT2D eigenvalue weighted by Gasteiger charge is -2.21. The first kappa shape index (κ1) is 9.17. The molecule has 0 spiro atoms. The number of nitrogens with zero attached hydrogens (tertiary/aromatic N) is 2. The van der Waals surface area contributed by atoms with Crippen LogP contribution in [0.4, 0.5) is 5.82 Å². The minimum absolute atomic E-state index is 0.138. The van der Waals surface area contributed by atoms with Gasteiger partial charge in [-0.2, -0.15) is 0 Å². The summed E-state index contributed by atoms with van der Waals surface area (Å²) in [5, 5.41) is 6.89. The van der Waals surface area contributed by atoms with E-state index in [2.05, 4.69) is 10.4 Å². The van der Waals surface area contributed by atoms with Crippen molar-refractivity contribution < 1.29 is 9.53 Å². The molecule has 0 radical (unpaired) electrons. The van der Waals surface area contributed by atoms with Crippen LogP contribution in [-0.2, 0) is 4.74 Å². The Morgan fingerprint density at radius 3 is 3.21 bits per heavy atom. The molecule has 1 saturated heterocycles. The van der Waals surface area contributed by atoms with Crippen LogP contribution in [0.3, 0.4) is 0 Å². The number of hydrogen-bond donors (Lipinski definition) is 2. The number of carbonyl (C=O) groups is 1. The number of hydrogen-bond acceptors (Lipinski definition) is 5. The third kappa shape index (κ3) is 1.75. The van der Waals surface area contributed by atoms with Crippen molar-refractivity contribution in [1.82, 2.24) is 15.1 Å². The van der Waals surface area contributed by atoms with Crippen LogP contribution in [0.25, 0.3) is 0 Å². The van der Waals surface area contributed by atoms with Crippen LogP contribution < -0.4 is 11.1 Å². The van der Waals surface area contributed by atoms with E-state index in [0.717, 1.165) is 0 Å². The second-order valence-corrected chi connectivity index (χ2v) is 3.11. The van der Waals surface area contributed by atoms with Crippen LogP contribution in [0.1, 0.15) is 4.79 Å². The van der Waals surface area contributed by atoms with Crippen LogP contribution in [0.15, 0.2) is 12.3 Å². The smallest absolute Gasteiger partial charge is 0.266 e. The zero-order valence-corrected chi connectivity index (χ0v) is 7.64. The summed E-state index contributed by atoms with van der Waals surface area (Å²) in [5.41, 5.74) is 5.41. The molecule has 0 aromatic carbocycles. The molecule has 6 heteroatoms. The molecule has 1 aliphatic heterocycles. The molecule has 0 bridgehead atoms. The van der Waals surface area contributed by atoms with E-state index in [9.17, 15) is 4.79 Å². The van der Waals surface area contributed by atoms with Crippen LogP contribution in [0, 0.1) is 0 Å². The fraction of sp³-hybridized carbons (Fsp3) is 0.500. The van der Waals surface area contributed by atoms with E-state index < -0.39 is 0 Å². The monoisotopic (exact) mass is 196 g/mol. The normalized spacial score (nSPS) is 22.1. The maximum atomic E-state index is 11.7. The van der Waals surface area contributed by atoms with Gasteiger partial charge in [0.15, 0.2) is 0 Å². The number of carbonyl (C=O) groups excluding carboxylic acids is 1. The zero-order valence-electron chi connectivity index (χ0n) is 7.64.